The molecule has 1 aliphatic rings. The first kappa shape index (κ1) is 15.6. The van der Waals surface area contributed by atoms with Gasteiger partial charge in [-0.1, -0.05) is 12.1 Å². The van der Waals surface area contributed by atoms with Crippen molar-refractivity contribution >= 4 is 11.4 Å². The molecule has 3 heterocycles. The Morgan fingerprint density at radius 2 is 1.88 bits per heavy atom. The smallest absolute Gasteiger partial charge is 0.271 e. The Balaban J connectivity index is 1.61. The van der Waals surface area contributed by atoms with Crippen LogP contribution in [0.15, 0.2) is 54.7 Å². The number of hydrogen-bond acceptors (Lipinski definition) is 3. The Bertz CT molecular complexity index is 932. The number of nitrogens with zero attached hydrogens (tertiary/aromatic N) is 2. The topological polar surface area (TPSA) is 43.2 Å². The maximum absolute atomic E-state index is 13.0. The van der Waals surface area contributed by atoms with Crippen LogP contribution in [0.3, 0.4) is 0 Å². The van der Waals surface area contributed by atoms with E-state index in [0.717, 1.165) is 22.6 Å². The molecule has 2 aromatic heterocycles. The molecule has 1 atom stereocenters. The van der Waals surface area contributed by atoms with Crippen LogP contribution >= 0.6 is 0 Å². The van der Waals surface area contributed by atoms with Gasteiger partial charge in [0.05, 0.1) is 6.04 Å². The normalized spacial score (nSPS) is 14.3. The summed E-state index contributed by atoms with van der Waals surface area (Å²) >= 11 is 0. The van der Waals surface area contributed by atoms with E-state index in [0.29, 0.717) is 18.9 Å². The largest absolute Gasteiger partial charge is 0.486 e. The van der Waals surface area contributed by atoms with Crippen molar-refractivity contribution in [1.29, 1.82) is 0 Å². The van der Waals surface area contributed by atoms with Crippen molar-refractivity contribution in [1.82, 2.24) is 9.30 Å². The first-order valence-electron chi connectivity index (χ1n) is 8.38. The predicted octanol–water partition coefficient (Wildman–Crippen LogP) is 3.54. The second-order valence-corrected chi connectivity index (χ2v) is 6.21. The highest BCUT2D eigenvalue weighted by Gasteiger charge is 2.23. The van der Waals surface area contributed by atoms with E-state index >= 15 is 0 Å². The summed E-state index contributed by atoms with van der Waals surface area (Å²) in [5, 5.41) is 0. The van der Waals surface area contributed by atoms with Gasteiger partial charge in [-0.05, 0) is 48.9 Å². The van der Waals surface area contributed by atoms with Crippen molar-refractivity contribution in [2.24, 2.45) is 0 Å². The number of fused-ring (bicyclic) bond motifs is 2. The van der Waals surface area contributed by atoms with Crippen molar-refractivity contribution in [3.63, 3.8) is 0 Å². The van der Waals surface area contributed by atoms with Gasteiger partial charge in [-0.2, -0.15) is 0 Å². The number of hydrogen-bond donors (Lipinski definition) is 0. The average Bonchev–Trinajstić information content (AvgIpc) is 3.10. The molecule has 0 saturated heterocycles. The number of pyridine rings is 1. The van der Waals surface area contributed by atoms with Crippen LogP contribution in [0.2, 0.25) is 0 Å². The minimum Gasteiger partial charge on any atom is -0.486 e. The maximum atomic E-state index is 13.0. The molecule has 128 valence electrons. The van der Waals surface area contributed by atoms with E-state index in [4.69, 9.17) is 9.47 Å². The summed E-state index contributed by atoms with van der Waals surface area (Å²) in [6, 6.07) is 15.5. The van der Waals surface area contributed by atoms with Gasteiger partial charge in [-0.25, -0.2) is 0 Å². The zero-order valence-corrected chi connectivity index (χ0v) is 14.3. The number of rotatable bonds is 3. The second-order valence-electron chi connectivity index (χ2n) is 6.21. The average molecular weight is 336 g/mol. The van der Waals surface area contributed by atoms with Gasteiger partial charge in [0.2, 0.25) is 0 Å². The van der Waals surface area contributed by atoms with Crippen LogP contribution < -0.4 is 9.47 Å². The molecule has 0 bridgehead atoms. The number of carbonyl (C=O) groups is 1. The molecule has 4 rings (SSSR count). The molecule has 0 N–H and O–H groups in total. The summed E-state index contributed by atoms with van der Waals surface area (Å²) in [6.45, 7) is 3.14. The summed E-state index contributed by atoms with van der Waals surface area (Å²) in [7, 11) is 1.83. The molecule has 0 fully saturated rings. The van der Waals surface area contributed by atoms with Crippen LogP contribution in [0.1, 0.15) is 29.0 Å². The highest BCUT2D eigenvalue weighted by atomic mass is 16.6. The Labute approximate surface area is 146 Å². The molecule has 1 amide bonds. The van der Waals surface area contributed by atoms with Gasteiger partial charge in [-0.15, -0.1) is 0 Å². The summed E-state index contributed by atoms with van der Waals surface area (Å²) in [5.74, 6) is 1.48. The van der Waals surface area contributed by atoms with Crippen molar-refractivity contribution < 1.29 is 14.3 Å². The van der Waals surface area contributed by atoms with E-state index < -0.39 is 0 Å². The Hall–Kier alpha value is -2.95. The van der Waals surface area contributed by atoms with Crippen LogP contribution in [0, 0.1) is 0 Å². The van der Waals surface area contributed by atoms with Crippen LogP contribution in [0.25, 0.3) is 5.52 Å². The highest BCUT2D eigenvalue weighted by Crippen LogP contribution is 2.34. The van der Waals surface area contributed by atoms with Gasteiger partial charge in [0.1, 0.15) is 18.9 Å². The highest BCUT2D eigenvalue weighted by molar-refractivity contribution is 5.94. The van der Waals surface area contributed by atoms with Crippen LogP contribution in [-0.4, -0.2) is 35.5 Å². The predicted molar refractivity (Wildman–Crippen MR) is 95.3 cm³/mol. The lowest BCUT2D eigenvalue weighted by Crippen LogP contribution is -2.30. The summed E-state index contributed by atoms with van der Waals surface area (Å²) in [4.78, 5) is 14.7. The maximum Gasteiger partial charge on any atom is 0.271 e. The number of aromatic nitrogens is 1. The minimum absolute atomic E-state index is 0.0198. The Morgan fingerprint density at radius 1 is 1.08 bits per heavy atom. The molecule has 0 spiro atoms. The lowest BCUT2D eigenvalue weighted by atomic mass is 10.1. The summed E-state index contributed by atoms with van der Waals surface area (Å²) in [5.41, 5.74) is 2.68. The minimum atomic E-state index is -0.0856. The molecular weight excluding hydrogens is 316 g/mol. The number of carbonyl (C=O) groups excluding carboxylic acids is 1. The molecule has 1 aromatic carbocycles. The van der Waals surface area contributed by atoms with E-state index in [1.165, 1.54) is 0 Å². The molecule has 5 heteroatoms. The van der Waals surface area contributed by atoms with E-state index in [-0.39, 0.29) is 11.9 Å². The van der Waals surface area contributed by atoms with Gasteiger partial charge in [0, 0.05) is 18.8 Å². The standard InChI is InChI=1S/C20H20N2O3/c1-14(15-6-9-18-19(13-15)25-12-11-24-18)21(2)20(23)17-8-7-16-5-3-4-10-22(16)17/h3-10,13-14H,11-12H2,1-2H3. The summed E-state index contributed by atoms with van der Waals surface area (Å²) in [6.07, 6.45) is 1.91. The lowest BCUT2D eigenvalue weighted by Gasteiger charge is -2.27. The monoisotopic (exact) mass is 336 g/mol. The van der Waals surface area contributed by atoms with Crippen molar-refractivity contribution in [3.8, 4) is 11.5 Å². The van der Waals surface area contributed by atoms with E-state index in [1.54, 1.807) is 4.90 Å². The zero-order valence-electron chi connectivity index (χ0n) is 14.3. The number of ether oxygens (including phenoxy) is 2. The molecule has 25 heavy (non-hydrogen) atoms. The molecule has 1 aliphatic heterocycles. The van der Waals surface area contributed by atoms with Gasteiger partial charge >= 0.3 is 0 Å². The fraction of sp³-hybridized carbons (Fsp3) is 0.250. The van der Waals surface area contributed by atoms with Gasteiger partial charge < -0.3 is 18.8 Å². The SMILES string of the molecule is CC(c1ccc2c(c1)OCCO2)N(C)C(=O)c1ccc2ccccn12. The van der Waals surface area contributed by atoms with E-state index in [1.807, 2.05) is 73.1 Å². The van der Waals surface area contributed by atoms with E-state index in [9.17, 15) is 4.79 Å². The molecular formula is C20H20N2O3. The fourth-order valence-electron chi connectivity index (χ4n) is 3.13. The molecule has 1 unspecified atom stereocenters. The summed E-state index contributed by atoms with van der Waals surface area (Å²) < 4.78 is 13.1. The lowest BCUT2D eigenvalue weighted by molar-refractivity contribution is 0.0735. The zero-order chi connectivity index (χ0) is 17.4. The third-order valence-corrected chi connectivity index (χ3v) is 4.73. The third-order valence-electron chi connectivity index (χ3n) is 4.73. The van der Waals surface area contributed by atoms with E-state index in [2.05, 4.69) is 0 Å². The number of amides is 1. The second kappa shape index (κ2) is 6.16. The Kier molecular flexibility index (Phi) is 3.84. The van der Waals surface area contributed by atoms with Gasteiger partial charge in [0.25, 0.3) is 5.91 Å². The first-order chi connectivity index (χ1) is 12.1. The van der Waals surface area contributed by atoms with Gasteiger partial charge in [-0.3, -0.25) is 4.79 Å². The first-order valence-corrected chi connectivity index (χ1v) is 8.38. The molecule has 0 aliphatic carbocycles. The molecule has 3 aromatic rings. The quantitative estimate of drug-likeness (QED) is 0.735. The molecule has 0 saturated carbocycles. The van der Waals surface area contributed by atoms with Crippen LogP contribution in [0.5, 0.6) is 11.5 Å². The Morgan fingerprint density at radius 3 is 2.72 bits per heavy atom. The third kappa shape index (κ3) is 2.71. The van der Waals surface area contributed by atoms with Crippen molar-refractivity contribution in [3.05, 3.63) is 66.0 Å². The van der Waals surface area contributed by atoms with Gasteiger partial charge in [0.15, 0.2) is 11.5 Å². The van der Waals surface area contributed by atoms with Crippen molar-refractivity contribution in [2.45, 2.75) is 13.0 Å². The fourth-order valence-corrected chi connectivity index (χ4v) is 3.13. The molecule has 0 radical (unpaired) electrons. The van der Waals surface area contributed by atoms with Crippen molar-refractivity contribution in [2.75, 3.05) is 20.3 Å². The van der Waals surface area contributed by atoms with Crippen LogP contribution in [-0.2, 0) is 0 Å². The molecule has 5 nitrogen and oxygen atoms in total. The number of benzene rings is 1. The van der Waals surface area contributed by atoms with Crippen LogP contribution in [0.4, 0.5) is 0 Å².